The van der Waals surface area contributed by atoms with E-state index in [9.17, 15) is 14.7 Å². The molecule has 2 unspecified atom stereocenters. The van der Waals surface area contributed by atoms with Crippen molar-refractivity contribution in [3.8, 4) is 0 Å². The van der Waals surface area contributed by atoms with Crippen LogP contribution < -0.4 is 5.32 Å². The quantitative estimate of drug-likeness (QED) is 0.898. The van der Waals surface area contributed by atoms with Gasteiger partial charge in [0.05, 0.1) is 11.5 Å². The maximum atomic E-state index is 12.3. The predicted octanol–water partition coefficient (Wildman–Crippen LogP) is 2.41. The lowest BCUT2D eigenvalue weighted by molar-refractivity contribution is -0.150. The Balaban J connectivity index is 1.98. The number of thiazole rings is 1. The molecule has 6 nitrogen and oxygen atoms in total. The first-order chi connectivity index (χ1) is 9.82. The van der Waals surface area contributed by atoms with Crippen LogP contribution in [0.5, 0.6) is 0 Å². The second-order valence-corrected chi connectivity index (χ2v) is 7.14. The van der Waals surface area contributed by atoms with Gasteiger partial charge in [0.2, 0.25) is 0 Å². The summed E-state index contributed by atoms with van der Waals surface area (Å²) >= 11 is 1.55. The van der Waals surface area contributed by atoms with Gasteiger partial charge in [0.15, 0.2) is 0 Å². The highest BCUT2D eigenvalue weighted by Gasteiger charge is 2.39. The summed E-state index contributed by atoms with van der Waals surface area (Å²) in [6, 6.07) is -0.392. The van der Waals surface area contributed by atoms with E-state index >= 15 is 0 Å². The number of piperidine rings is 1. The molecule has 0 saturated carbocycles. The predicted molar refractivity (Wildman–Crippen MR) is 80.3 cm³/mol. The maximum absolute atomic E-state index is 12.3. The second kappa shape index (κ2) is 6.01. The van der Waals surface area contributed by atoms with Crippen LogP contribution in [0.1, 0.15) is 42.6 Å². The molecule has 0 radical (unpaired) electrons. The minimum absolute atomic E-state index is 0.172. The van der Waals surface area contributed by atoms with Gasteiger partial charge in [-0.05, 0) is 33.6 Å². The molecule has 0 spiro atoms. The van der Waals surface area contributed by atoms with E-state index in [0.717, 1.165) is 9.88 Å². The normalized spacial score (nSPS) is 23.7. The molecule has 7 heteroatoms. The summed E-state index contributed by atoms with van der Waals surface area (Å²) in [5.74, 6) is -0.844. The summed E-state index contributed by atoms with van der Waals surface area (Å²) in [7, 11) is 0. The topological polar surface area (TPSA) is 82.5 Å². The number of carboxylic acid groups (broad SMARTS) is 1. The van der Waals surface area contributed by atoms with Crippen molar-refractivity contribution in [3.63, 3.8) is 0 Å². The standard InChI is InChI=1S/C14H21N3O3S/c1-9-7-15-11(21-9)10(2)16-13(20)17-6-4-5-14(3,8-17)12(18)19/h7,10H,4-6,8H2,1-3H3,(H,16,20)(H,18,19). The average Bonchev–Trinajstić information content (AvgIpc) is 2.85. The number of urea groups is 1. The summed E-state index contributed by atoms with van der Waals surface area (Å²) in [5, 5.41) is 13.1. The van der Waals surface area contributed by atoms with E-state index in [0.29, 0.717) is 19.4 Å². The highest BCUT2D eigenvalue weighted by atomic mass is 32.1. The number of likely N-dealkylation sites (tertiary alicyclic amines) is 1. The summed E-state index contributed by atoms with van der Waals surface area (Å²) < 4.78 is 0. The largest absolute Gasteiger partial charge is 0.481 e. The Bertz CT molecular complexity index is 545. The first kappa shape index (κ1) is 15.8. The van der Waals surface area contributed by atoms with Crippen LogP contribution in [-0.4, -0.2) is 40.1 Å². The first-order valence-corrected chi connectivity index (χ1v) is 7.84. The third kappa shape index (κ3) is 3.53. The SMILES string of the molecule is Cc1cnc(C(C)NC(=O)N2CCCC(C)(C(=O)O)C2)s1. The molecule has 1 aromatic rings. The number of nitrogens with zero attached hydrogens (tertiary/aromatic N) is 2. The van der Waals surface area contributed by atoms with Gasteiger partial charge in [-0.2, -0.15) is 0 Å². The van der Waals surface area contributed by atoms with E-state index in [2.05, 4.69) is 10.3 Å². The van der Waals surface area contributed by atoms with E-state index in [-0.39, 0.29) is 18.6 Å². The van der Waals surface area contributed by atoms with Crippen molar-refractivity contribution in [1.82, 2.24) is 15.2 Å². The highest BCUT2D eigenvalue weighted by molar-refractivity contribution is 7.11. The van der Waals surface area contributed by atoms with Crippen LogP contribution in [0.4, 0.5) is 4.79 Å². The number of carbonyl (C=O) groups is 2. The van der Waals surface area contributed by atoms with Crippen molar-refractivity contribution >= 4 is 23.3 Å². The van der Waals surface area contributed by atoms with E-state index < -0.39 is 11.4 Å². The van der Waals surface area contributed by atoms with Crippen LogP contribution in [0.2, 0.25) is 0 Å². The fraction of sp³-hybridized carbons (Fsp3) is 0.643. The Hall–Kier alpha value is -1.63. The number of rotatable bonds is 3. The van der Waals surface area contributed by atoms with Crippen molar-refractivity contribution in [2.75, 3.05) is 13.1 Å². The number of hydrogen-bond acceptors (Lipinski definition) is 4. The van der Waals surface area contributed by atoms with Crippen LogP contribution in [0.3, 0.4) is 0 Å². The molecule has 0 aliphatic carbocycles. The molecule has 116 valence electrons. The van der Waals surface area contributed by atoms with Crippen LogP contribution in [0, 0.1) is 12.3 Å². The first-order valence-electron chi connectivity index (χ1n) is 7.03. The van der Waals surface area contributed by atoms with E-state index in [4.69, 9.17) is 0 Å². The zero-order chi connectivity index (χ0) is 15.6. The van der Waals surface area contributed by atoms with Gasteiger partial charge in [0.25, 0.3) is 0 Å². The lowest BCUT2D eigenvalue weighted by Crippen LogP contribution is -2.51. The minimum Gasteiger partial charge on any atom is -0.481 e. The number of carboxylic acids is 1. The van der Waals surface area contributed by atoms with Gasteiger partial charge in [-0.1, -0.05) is 0 Å². The van der Waals surface area contributed by atoms with Crippen LogP contribution in [0.25, 0.3) is 0 Å². The third-order valence-electron chi connectivity index (χ3n) is 3.85. The Labute approximate surface area is 128 Å². The molecule has 1 aliphatic rings. The van der Waals surface area contributed by atoms with Crippen LogP contribution in [-0.2, 0) is 4.79 Å². The van der Waals surface area contributed by atoms with Crippen molar-refractivity contribution in [2.45, 2.75) is 39.7 Å². The fourth-order valence-corrected chi connectivity index (χ4v) is 3.27. The smallest absolute Gasteiger partial charge is 0.317 e. The Morgan fingerprint density at radius 2 is 2.29 bits per heavy atom. The average molecular weight is 311 g/mol. The summed E-state index contributed by atoms with van der Waals surface area (Å²) in [6.45, 7) is 6.40. The molecule has 1 aliphatic heterocycles. The monoisotopic (exact) mass is 311 g/mol. The number of aliphatic carboxylic acids is 1. The molecule has 2 atom stereocenters. The number of amides is 2. The number of aryl methyl sites for hydroxylation is 1. The van der Waals surface area contributed by atoms with Gasteiger partial charge in [0.1, 0.15) is 5.01 Å². The molecular weight excluding hydrogens is 290 g/mol. The highest BCUT2D eigenvalue weighted by Crippen LogP contribution is 2.30. The molecule has 1 aromatic heterocycles. The number of hydrogen-bond donors (Lipinski definition) is 2. The Morgan fingerprint density at radius 1 is 1.57 bits per heavy atom. The lowest BCUT2D eigenvalue weighted by Gasteiger charge is -2.37. The Kier molecular flexibility index (Phi) is 4.51. The minimum atomic E-state index is -0.851. The molecule has 2 N–H and O–H groups in total. The van der Waals surface area contributed by atoms with Crippen LogP contribution >= 0.6 is 11.3 Å². The van der Waals surface area contributed by atoms with Gasteiger partial charge < -0.3 is 15.3 Å². The molecule has 0 aromatic carbocycles. The molecule has 2 rings (SSSR count). The zero-order valence-corrected chi connectivity index (χ0v) is 13.4. The number of aromatic nitrogens is 1. The number of carbonyl (C=O) groups excluding carboxylic acids is 1. The molecule has 21 heavy (non-hydrogen) atoms. The van der Waals surface area contributed by atoms with Gasteiger partial charge >= 0.3 is 12.0 Å². The molecular formula is C14H21N3O3S. The third-order valence-corrected chi connectivity index (χ3v) is 4.94. The lowest BCUT2D eigenvalue weighted by atomic mass is 9.82. The van der Waals surface area contributed by atoms with E-state index in [1.54, 1.807) is 29.4 Å². The van der Waals surface area contributed by atoms with Gasteiger partial charge in [-0.15, -0.1) is 11.3 Å². The van der Waals surface area contributed by atoms with Gasteiger partial charge in [-0.25, -0.2) is 9.78 Å². The molecule has 2 heterocycles. The zero-order valence-electron chi connectivity index (χ0n) is 12.5. The van der Waals surface area contributed by atoms with Crippen molar-refractivity contribution in [3.05, 3.63) is 16.1 Å². The van der Waals surface area contributed by atoms with E-state index in [1.165, 1.54) is 0 Å². The molecule has 1 saturated heterocycles. The maximum Gasteiger partial charge on any atom is 0.317 e. The molecule has 2 amide bonds. The van der Waals surface area contributed by atoms with Gasteiger partial charge in [0, 0.05) is 24.2 Å². The van der Waals surface area contributed by atoms with Crippen molar-refractivity contribution in [2.24, 2.45) is 5.41 Å². The van der Waals surface area contributed by atoms with Crippen LogP contribution in [0.15, 0.2) is 6.20 Å². The van der Waals surface area contributed by atoms with E-state index in [1.807, 2.05) is 13.8 Å². The molecule has 0 bridgehead atoms. The summed E-state index contributed by atoms with van der Waals surface area (Å²) in [6.07, 6.45) is 3.10. The van der Waals surface area contributed by atoms with Crippen molar-refractivity contribution < 1.29 is 14.7 Å². The number of nitrogens with one attached hydrogen (secondary N) is 1. The molecule has 1 fully saturated rings. The van der Waals surface area contributed by atoms with Gasteiger partial charge in [-0.3, -0.25) is 4.79 Å². The summed E-state index contributed by atoms with van der Waals surface area (Å²) in [5.41, 5.74) is -0.851. The summed E-state index contributed by atoms with van der Waals surface area (Å²) in [4.78, 5) is 30.6. The Morgan fingerprint density at radius 3 is 2.86 bits per heavy atom. The second-order valence-electron chi connectivity index (χ2n) is 5.87. The van der Waals surface area contributed by atoms with Crippen molar-refractivity contribution in [1.29, 1.82) is 0 Å². The fourth-order valence-electron chi connectivity index (χ4n) is 2.50.